The van der Waals surface area contributed by atoms with E-state index in [1.165, 1.54) is 11.9 Å². The fourth-order valence-electron chi connectivity index (χ4n) is 3.60. The third-order valence-corrected chi connectivity index (χ3v) is 4.81. The first-order valence-corrected chi connectivity index (χ1v) is 9.39. The summed E-state index contributed by atoms with van der Waals surface area (Å²) in [5, 5.41) is 4.88. The molecule has 0 bridgehead atoms. The van der Waals surface area contributed by atoms with Crippen molar-refractivity contribution in [1.82, 2.24) is 20.6 Å². The van der Waals surface area contributed by atoms with Gasteiger partial charge in [-0.1, -0.05) is 18.2 Å². The first kappa shape index (κ1) is 20.0. The van der Waals surface area contributed by atoms with Crippen molar-refractivity contribution in [3.05, 3.63) is 40.3 Å². The van der Waals surface area contributed by atoms with Gasteiger partial charge in [0.25, 0.3) is 11.5 Å². The molecule has 1 aliphatic rings. The number of aromatic nitrogens is 2. The van der Waals surface area contributed by atoms with Gasteiger partial charge in [-0.25, -0.2) is 4.68 Å². The first-order chi connectivity index (χ1) is 13.3. The molecule has 150 valence electrons. The standard InChI is InChI=1S/C19H25N5O4/c1-12-10-24(11-13(2)28-12)9-8-16(25)20-21-18(26)17-14-6-4-5-7-15(14)19(27)23(3)22-17/h4-7,12-13H,8-11H2,1-3H3,(H,20,25)(H,21,26)/p+1/t12-,13-/m0/s1. The van der Waals surface area contributed by atoms with Crippen LogP contribution in [0.4, 0.5) is 0 Å². The summed E-state index contributed by atoms with van der Waals surface area (Å²) in [7, 11) is 1.48. The molecule has 0 spiro atoms. The Bertz CT molecular complexity index is 932. The zero-order valence-electron chi connectivity index (χ0n) is 16.3. The lowest BCUT2D eigenvalue weighted by Gasteiger charge is -2.32. The Kier molecular flexibility index (Phi) is 6.05. The molecule has 2 heterocycles. The number of morpholine rings is 1. The Hall–Kier alpha value is -2.78. The average Bonchev–Trinajstić information content (AvgIpc) is 2.66. The van der Waals surface area contributed by atoms with E-state index < -0.39 is 5.91 Å². The summed E-state index contributed by atoms with van der Waals surface area (Å²) >= 11 is 0. The fourth-order valence-corrected chi connectivity index (χ4v) is 3.60. The molecule has 1 aromatic heterocycles. The highest BCUT2D eigenvalue weighted by molar-refractivity contribution is 6.05. The summed E-state index contributed by atoms with van der Waals surface area (Å²) in [6.07, 6.45) is 0.632. The van der Waals surface area contributed by atoms with Gasteiger partial charge in [0, 0.05) is 12.4 Å². The van der Waals surface area contributed by atoms with E-state index in [0.717, 1.165) is 17.8 Å². The van der Waals surface area contributed by atoms with E-state index in [1.54, 1.807) is 24.3 Å². The van der Waals surface area contributed by atoms with Crippen LogP contribution in [0.1, 0.15) is 30.8 Å². The maximum absolute atomic E-state index is 12.5. The van der Waals surface area contributed by atoms with Crippen molar-refractivity contribution in [3.8, 4) is 0 Å². The lowest BCUT2D eigenvalue weighted by Crippen LogP contribution is -3.15. The van der Waals surface area contributed by atoms with E-state index in [4.69, 9.17) is 4.74 Å². The van der Waals surface area contributed by atoms with Crippen LogP contribution >= 0.6 is 0 Å². The minimum absolute atomic E-state index is 0.0828. The number of benzene rings is 1. The van der Waals surface area contributed by atoms with E-state index in [9.17, 15) is 14.4 Å². The zero-order chi connectivity index (χ0) is 20.3. The van der Waals surface area contributed by atoms with Crippen molar-refractivity contribution in [2.75, 3.05) is 19.6 Å². The van der Waals surface area contributed by atoms with Crippen molar-refractivity contribution in [2.24, 2.45) is 7.05 Å². The maximum atomic E-state index is 12.5. The van der Waals surface area contributed by atoms with Gasteiger partial charge in [0.2, 0.25) is 5.91 Å². The van der Waals surface area contributed by atoms with Gasteiger partial charge in [-0.3, -0.25) is 25.2 Å². The first-order valence-electron chi connectivity index (χ1n) is 9.39. The summed E-state index contributed by atoms with van der Waals surface area (Å²) in [6, 6.07) is 6.75. The smallest absolute Gasteiger partial charge is 0.290 e. The summed E-state index contributed by atoms with van der Waals surface area (Å²) in [5.74, 6) is -0.845. The molecular weight excluding hydrogens is 362 g/mol. The molecule has 0 unspecified atom stereocenters. The van der Waals surface area contributed by atoms with Crippen LogP contribution < -0.4 is 21.3 Å². The number of hydrogen-bond donors (Lipinski definition) is 3. The van der Waals surface area contributed by atoms with Crippen LogP contribution in [0, 0.1) is 0 Å². The van der Waals surface area contributed by atoms with Crippen molar-refractivity contribution in [3.63, 3.8) is 0 Å². The lowest BCUT2D eigenvalue weighted by molar-refractivity contribution is -0.914. The number of quaternary nitrogens is 1. The van der Waals surface area contributed by atoms with E-state index in [0.29, 0.717) is 17.3 Å². The Morgan fingerprint density at radius 3 is 2.50 bits per heavy atom. The Labute approximate surface area is 162 Å². The van der Waals surface area contributed by atoms with Crippen LogP contribution in [0.2, 0.25) is 0 Å². The van der Waals surface area contributed by atoms with E-state index in [2.05, 4.69) is 16.0 Å². The van der Waals surface area contributed by atoms with Crippen molar-refractivity contribution < 1.29 is 19.2 Å². The van der Waals surface area contributed by atoms with Crippen LogP contribution in [-0.4, -0.2) is 53.4 Å². The second-order valence-corrected chi connectivity index (χ2v) is 7.24. The average molecular weight is 388 g/mol. The van der Waals surface area contributed by atoms with Crippen molar-refractivity contribution in [2.45, 2.75) is 32.5 Å². The molecule has 28 heavy (non-hydrogen) atoms. The normalized spacial score (nSPS) is 22.0. The van der Waals surface area contributed by atoms with Gasteiger partial charge in [0.15, 0.2) is 5.69 Å². The van der Waals surface area contributed by atoms with Crippen LogP contribution in [0.5, 0.6) is 0 Å². The molecule has 0 radical (unpaired) electrons. The van der Waals surface area contributed by atoms with Crippen molar-refractivity contribution in [1.29, 1.82) is 0 Å². The molecule has 2 atom stereocenters. The van der Waals surface area contributed by atoms with E-state index in [1.807, 2.05) is 13.8 Å². The highest BCUT2D eigenvalue weighted by Gasteiger charge is 2.25. The highest BCUT2D eigenvalue weighted by atomic mass is 16.5. The number of ether oxygens (including phenoxy) is 1. The maximum Gasteiger partial charge on any atom is 0.290 e. The monoisotopic (exact) mass is 388 g/mol. The topological polar surface area (TPSA) is 107 Å². The number of fused-ring (bicyclic) bond motifs is 1. The summed E-state index contributed by atoms with van der Waals surface area (Å²) in [4.78, 5) is 38.1. The molecule has 3 N–H and O–H groups in total. The molecule has 2 amide bonds. The highest BCUT2D eigenvalue weighted by Crippen LogP contribution is 2.12. The van der Waals surface area contributed by atoms with Gasteiger partial charge >= 0.3 is 0 Å². The molecule has 0 aliphatic carbocycles. The number of hydrogen-bond acceptors (Lipinski definition) is 5. The molecule has 9 nitrogen and oxygen atoms in total. The molecule has 1 fully saturated rings. The molecular formula is C19H26N5O4+. The molecule has 2 aromatic rings. The molecule has 3 rings (SSSR count). The molecule has 1 saturated heterocycles. The molecule has 9 heteroatoms. The van der Waals surface area contributed by atoms with E-state index >= 15 is 0 Å². The third kappa shape index (κ3) is 4.55. The molecule has 0 saturated carbocycles. The quantitative estimate of drug-likeness (QED) is 0.569. The number of hydrazine groups is 1. The van der Waals surface area contributed by atoms with Gasteiger partial charge in [0.05, 0.1) is 18.4 Å². The number of nitrogens with one attached hydrogen (secondary N) is 3. The minimum Gasteiger partial charge on any atom is -0.364 e. The number of amides is 2. The fraction of sp³-hybridized carbons (Fsp3) is 0.474. The molecule has 1 aliphatic heterocycles. The number of rotatable bonds is 4. The minimum atomic E-state index is -0.568. The number of nitrogens with zero attached hydrogens (tertiary/aromatic N) is 2. The summed E-state index contributed by atoms with van der Waals surface area (Å²) in [6.45, 7) is 6.44. The molecule has 1 aromatic carbocycles. The van der Waals surface area contributed by atoms with Crippen LogP contribution in [-0.2, 0) is 16.6 Å². The van der Waals surface area contributed by atoms with Gasteiger partial charge < -0.3 is 9.64 Å². The zero-order valence-corrected chi connectivity index (χ0v) is 16.3. The van der Waals surface area contributed by atoms with Crippen LogP contribution in [0.3, 0.4) is 0 Å². The Balaban J connectivity index is 1.59. The Morgan fingerprint density at radius 1 is 1.18 bits per heavy atom. The summed E-state index contributed by atoms with van der Waals surface area (Å²) in [5.41, 5.74) is 4.62. The largest absolute Gasteiger partial charge is 0.364 e. The number of aryl methyl sites for hydroxylation is 1. The number of carbonyl (C=O) groups excluding carboxylic acids is 2. The third-order valence-electron chi connectivity index (χ3n) is 4.81. The van der Waals surface area contributed by atoms with E-state index in [-0.39, 0.29) is 35.8 Å². The van der Waals surface area contributed by atoms with Gasteiger partial charge in [-0.05, 0) is 19.9 Å². The van der Waals surface area contributed by atoms with Crippen LogP contribution in [0.25, 0.3) is 10.8 Å². The second-order valence-electron chi connectivity index (χ2n) is 7.24. The van der Waals surface area contributed by atoms with Gasteiger partial charge in [-0.15, -0.1) is 0 Å². The van der Waals surface area contributed by atoms with Crippen molar-refractivity contribution >= 4 is 22.6 Å². The van der Waals surface area contributed by atoms with Gasteiger partial charge in [0.1, 0.15) is 25.3 Å². The SMILES string of the molecule is C[C@H]1C[NH+](CCC(=O)NNC(=O)c2nn(C)c(=O)c3ccccc23)C[C@H](C)O1. The number of carbonyl (C=O) groups is 2. The summed E-state index contributed by atoms with van der Waals surface area (Å²) < 4.78 is 6.81. The second kappa shape index (κ2) is 8.49. The predicted molar refractivity (Wildman–Crippen MR) is 103 cm³/mol. The van der Waals surface area contributed by atoms with Gasteiger partial charge in [-0.2, -0.15) is 5.10 Å². The Morgan fingerprint density at radius 2 is 1.82 bits per heavy atom. The van der Waals surface area contributed by atoms with Crippen LogP contribution in [0.15, 0.2) is 29.1 Å². The predicted octanol–water partition coefficient (Wildman–Crippen LogP) is -1.22. The lowest BCUT2D eigenvalue weighted by atomic mass is 10.1.